The van der Waals surface area contributed by atoms with Crippen molar-refractivity contribution in [2.45, 2.75) is 94.9 Å². The summed E-state index contributed by atoms with van der Waals surface area (Å²) in [4.78, 5) is 4.57. The van der Waals surface area contributed by atoms with Crippen molar-refractivity contribution in [1.82, 2.24) is 0 Å². The molecule has 0 N–H and O–H groups in total. The van der Waals surface area contributed by atoms with Crippen LogP contribution in [0.3, 0.4) is 0 Å². The monoisotopic (exact) mass is 419 g/mol. The van der Waals surface area contributed by atoms with Crippen molar-refractivity contribution in [3.63, 3.8) is 0 Å². The Morgan fingerprint density at radius 1 is 1.03 bits per heavy atom. The average Bonchev–Trinajstić information content (AvgIpc) is 2.66. The first-order valence-electron chi connectivity index (χ1n) is 11.6. The first-order valence-corrected chi connectivity index (χ1v) is 11.6. The Hall–Kier alpha value is -2.15. The Morgan fingerprint density at radius 2 is 1.65 bits per heavy atom. The van der Waals surface area contributed by atoms with Crippen LogP contribution in [-0.4, -0.2) is 5.71 Å². The van der Waals surface area contributed by atoms with Gasteiger partial charge in [0.2, 0.25) is 0 Å². The molecule has 1 aromatic rings. The van der Waals surface area contributed by atoms with Crippen LogP contribution in [-0.2, 0) is 0 Å². The summed E-state index contributed by atoms with van der Waals surface area (Å²) < 4.78 is 0. The molecule has 0 amide bonds. The molecule has 0 bridgehead atoms. The molecule has 0 aromatic heterocycles. The van der Waals surface area contributed by atoms with E-state index in [0.29, 0.717) is 5.41 Å². The minimum atomic E-state index is 0.239. The summed E-state index contributed by atoms with van der Waals surface area (Å²) >= 11 is 0. The van der Waals surface area contributed by atoms with Gasteiger partial charge in [0.1, 0.15) is 0 Å². The van der Waals surface area contributed by atoms with Crippen molar-refractivity contribution in [3.05, 3.63) is 76.0 Å². The minimum Gasteiger partial charge on any atom is -0.266 e. The Bertz CT molecular complexity index is 906. The number of rotatable bonds is 8. The summed E-state index contributed by atoms with van der Waals surface area (Å²) in [6.45, 7) is 28.5. The highest BCUT2D eigenvalue weighted by molar-refractivity contribution is 5.79. The third-order valence-electron chi connectivity index (χ3n) is 5.98. The highest BCUT2D eigenvalue weighted by atomic mass is 14.7. The molecule has 1 nitrogen and oxygen atoms in total. The largest absolute Gasteiger partial charge is 0.266 e. The molecular weight excluding hydrogens is 374 g/mol. The molecule has 0 radical (unpaired) electrons. The molecule has 1 rings (SSSR count). The van der Waals surface area contributed by atoms with Gasteiger partial charge in [0.05, 0.1) is 0 Å². The lowest BCUT2D eigenvalue weighted by atomic mass is 9.82. The molecule has 1 unspecified atom stereocenters. The van der Waals surface area contributed by atoms with Crippen molar-refractivity contribution < 1.29 is 0 Å². The number of allylic oxidation sites excluding steroid dienone is 6. The Morgan fingerprint density at radius 3 is 2.13 bits per heavy atom. The van der Waals surface area contributed by atoms with Gasteiger partial charge in [0, 0.05) is 17.8 Å². The van der Waals surface area contributed by atoms with Gasteiger partial charge in [-0.1, -0.05) is 62.8 Å². The quantitative estimate of drug-likeness (QED) is 0.226. The fourth-order valence-corrected chi connectivity index (χ4v) is 3.96. The second-order valence-electron chi connectivity index (χ2n) is 10.4. The first kappa shape index (κ1) is 26.9. The summed E-state index contributed by atoms with van der Waals surface area (Å²) in [5.41, 5.74) is 11.9. The predicted molar refractivity (Wildman–Crippen MR) is 142 cm³/mol. The molecule has 0 heterocycles. The molecule has 170 valence electrons. The van der Waals surface area contributed by atoms with Gasteiger partial charge < -0.3 is 0 Å². The standard InChI is InChI=1S/C30H45N/c1-13-22(6)29(24(8)19-31-21(4)5)26-15-14-23(7)28(18-26)25(9)27(20(2)3)16-17-30(10,11)12/h13-15,18-19,29H,2,16-17H2,1,3-12H3/b22-13+,24-19+,27-25-. The fraction of sp³-hybridized carbons (Fsp3) is 0.500. The lowest BCUT2D eigenvalue weighted by Gasteiger charge is -2.23. The van der Waals surface area contributed by atoms with E-state index in [1.54, 1.807) is 0 Å². The Labute approximate surface area is 192 Å². The molecule has 1 heteroatoms. The maximum Gasteiger partial charge on any atom is 0.0270 e. The van der Waals surface area contributed by atoms with Crippen LogP contribution in [0.15, 0.2) is 64.3 Å². The van der Waals surface area contributed by atoms with E-state index in [0.717, 1.165) is 18.6 Å². The topological polar surface area (TPSA) is 12.4 Å². The molecule has 0 saturated carbocycles. The van der Waals surface area contributed by atoms with E-state index in [1.807, 2.05) is 20.0 Å². The number of nitrogens with zero attached hydrogens (tertiary/aromatic N) is 1. The number of aryl methyl sites for hydroxylation is 1. The fourth-order valence-electron chi connectivity index (χ4n) is 3.96. The number of hydrogen-bond acceptors (Lipinski definition) is 1. The molecule has 0 aliphatic carbocycles. The molecule has 0 spiro atoms. The van der Waals surface area contributed by atoms with Gasteiger partial charge in [-0.2, -0.15) is 0 Å². The van der Waals surface area contributed by atoms with E-state index in [-0.39, 0.29) is 5.92 Å². The zero-order valence-electron chi connectivity index (χ0n) is 22.0. The van der Waals surface area contributed by atoms with Crippen LogP contribution in [0.4, 0.5) is 0 Å². The normalized spacial score (nSPS) is 14.8. The van der Waals surface area contributed by atoms with Crippen LogP contribution in [0.5, 0.6) is 0 Å². The Kier molecular flexibility index (Phi) is 9.94. The lowest BCUT2D eigenvalue weighted by Crippen LogP contribution is -2.07. The summed E-state index contributed by atoms with van der Waals surface area (Å²) in [6, 6.07) is 6.94. The van der Waals surface area contributed by atoms with Gasteiger partial charge >= 0.3 is 0 Å². The highest BCUT2D eigenvalue weighted by Gasteiger charge is 2.19. The molecule has 0 aliphatic heterocycles. The maximum atomic E-state index is 4.57. The number of hydrogen-bond donors (Lipinski definition) is 0. The van der Waals surface area contributed by atoms with Gasteiger partial charge in [0.25, 0.3) is 0 Å². The molecule has 0 aliphatic rings. The first-order chi connectivity index (χ1) is 14.3. The van der Waals surface area contributed by atoms with Crippen LogP contribution in [0.1, 0.15) is 105 Å². The third-order valence-corrected chi connectivity index (χ3v) is 5.98. The van der Waals surface area contributed by atoms with Gasteiger partial charge in [0.15, 0.2) is 0 Å². The zero-order valence-corrected chi connectivity index (χ0v) is 22.0. The predicted octanol–water partition coefficient (Wildman–Crippen LogP) is 9.61. The number of benzene rings is 1. The van der Waals surface area contributed by atoms with Gasteiger partial charge in [-0.05, 0) is 107 Å². The molecule has 31 heavy (non-hydrogen) atoms. The highest BCUT2D eigenvalue weighted by Crippen LogP contribution is 2.36. The van der Waals surface area contributed by atoms with E-state index in [2.05, 4.69) is 98.2 Å². The summed E-state index contributed by atoms with van der Waals surface area (Å²) in [6.07, 6.45) is 6.46. The smallest absolute Gasteiger partial charge is 0.0270 e. The van der Waals surface area contributed by atoms with Crippen LogP contribution in [0.25, 0.3) is 5.57 Å². The molecule has 1 atom stereocenters. The SMILES string of the molecule is C=C(C)/C(CCC(C)(C)C)=C(/C)c1cc(C(/C(C)=C/C)/C(C)=C/N=C(C)C)ccc1C. The van der Waals surface area contributed by atoms with Crippen LogP contribution in [0, 0.1) is 12.3 Å². The van der Waals surface area contributed by atoms with E-state index < -0.39 is 0 Å². The summed E-state index contributed by atoms with van der Waals surface area (Å²) in [7, 11) is 0. The zero-order chi connectivity index (χ0) is 23.9. The molecule has 0 fully saturated rings. The van der Waals surface area contributed by atoms with Crippen LogP contribution in [0.2, 0.25) is 0 Å². The number of aliphatic imine (C=N–C) groups is 1. The third kappa shape index (κ3) is 8.13. The summed E-state index contributed by atoms with van der Waals surface area (Å²) in [5, 5.41) is 0. The second kappa shape index (κ2) is 11.5. The second-order valence-corrected chi connectivity index (χ2v) is 10.4. The summed E-state index contributed by atoms with van der Waals surface area (Å²) in [5.74, 6) is 0.239. The van der Waals surface area contributed by atoms with Crippen molar-refractivity contribution in [2.75, 3.05) is 0 Å². The van der Waals surface area contributed by atoms with Crippen molar-refractivity contribution in [2.24, 2.45) is 10.4 Å². The minimum absolute atomic E-state index is 0.239. The van der Waals surface area contributed by atoms with Crippen molar-refractivity contribution >= 4 is 11.3 Å². The van der Waals surface area contributed by atoms with E-state index in [1.165, 1.54) is 44.6 Å². The average molecular weight is 420 g/mol. The van der Waals surface area contributed by atoms with Crippen molar-refractivity contribution in [1.29, 1.82) is 0 Å². The molecule has 0 saturated heterocycles. The van der Waals surface area contributed by atoms with Gasteiger partial charge in [-0.25, -0.2) is 0 Å². The van der Waals surface area contributed by atoms with E-state index in [4.69, 9.17) is 0 Å². The van der Waals surface area contributed by atoms with Crippen LogP contribution < -0.4 is 0 Å². The maximum absolute atomic E-state index is 4.57. The lowest BCUT2D eigenvalue weighted by molar-refractivity contribution is 0.378. The van der Waals surface area contributed by atoms with Crippen LogP contribution >= 0.6 is 0 Å². The van der Waals surface area contributed by atoms with Gasteiger partial charge in [-0.15, -0.1) is 0 Å². The van der Waals surface area contributed by atoms with E-state index in [9.17, 15) is 0 Å². The molecular formula is C30H45N. The van der Waals surface area contributed by atoms with Gasteiger partial charge in [-0.3, -0.25) is 4.99 Å². The van der Waals surface area contributed by atoms with E-state index >= 15 is 0 Å². The molecule has 1 aromatic carbocycles. The van der Waals surface area contributed by atoms with Crippen molar-refractivity contribution in [3.8, 4) is 0 Å². The Balaban J connectivity index is 3.60.